The summed E-state index contributed by atoms with van der Waals surface area (Å²) >= 11 is 0. The van der Waals surface area contributed by atoms with Crippen molar-refractivity contribution in [3.63, 3.8) is 0 Å². The van der Waals surface area contributed by atoms with Crippen LogP contribution in [0.3, 0.4) is 0 Å². The molecule has 1 aliphatic rings. The summed E-state index contributed by atoms with van der Waals surface area (Å²) in [4.78, 5) is 0. The van der Waals surface area contributed by atoms with Gasteiger partial charge in [-0.25, -0.2) is 8.78 Å². The van der Waals surface area contributed by atoms with E-state index in [0.717, 1.165) is 18.2 Å². The zero-order valence-corrected chi connectivity index (χ0v) is 11.8. The van der Waals surface area contributed by atoms with Crippen LogP contribution in [0.15, 0.2) is 36.4 Å². The van der Waals surface area contributed by atoms with Gasteiger partial charge in [0.1, 0.15) is 23.5 Å². The maximum Gasteiger partial charge on any atom is 0.130 e. The van der Waals surface area contributed by atoms with E-state index < -0.39 is 11.6 Å². The molecule has 0 fully saturated rings. The Bertz CT molecular complexity index is 657. The number of ether oxygens (including phenoxy) is 1. The van der Waals surface area contributed by atoms with Crippen LogP contribution >= 0.6 is 0 Å². The molecule has 2 aromatic rings. The van der Waals surface area contributed by atoms with Crippen LogP contribution in [0.25, 0.3) is 0 Å². The zero-order chi connectivity index (χ0) is 14.8. The lowest BCUT2D eigenvalue weighted by atomic mass is 10.1. The van der Waals surface area contributed by atoms with E-state index in [1.165, 1.54) is 23.3 Å². The first-order valence-electron chi connectivity index (χ1n) is 7.02. The number of hydrogen-bond acceptors (Lipinski definition) is 2. The number of hydrogen-bond donors (Lipinski definition) is 1. The molecular weight excluding hydrogens is 272 g/mol. The fourth-order valence-corrected chi connectivity index (χ4v) is 2.60. The van der Waals surface area contributed by atoms with E-state index in [9.17, 15) is 8.78 Å². The number of aryl methyl sites for hydroxylation is 1. The van der Waals surface area contributed by atoms with Gasteiger partial charge in [0.25, 0.3) is 0 Å². The maximum atomic E-state index is 13.5. The van der Waals surface area contributed by atoms with Crippen molar-refractivity contribution in [1.82, 2.24) is 5.32 Å². The predicted molar refractivity (Wildman–Crippen MR) is 77.4 cm³/mol. The molecule has 1 N–H and O–H groups in total. The van der Waals surface area contributed by atoms with Crippen molar-refractivity contribution in [2.75, 3.05) is 6.54 Å². The summed E-state index contributed by atoms with van der Waals surface area (Å²) < 4.78 is 32.2. The Balaban J connectivity index is 1.53. The highest BCUT2D eigenvalue weighted by atomic mass is 19.1. The molecule has 0 aliphatic carbocycles. The highest BCUT2D eigenvalue weighted by molar-refractivity contribution is 5.40. The lowest BCUT2D eigenvalue weighted by Gasteiger charge is -2.12. The predicted octanol–water partition coefficient (Wildman–Crippen LogP) is 3.37. The molecule has 1 unspecified atom stereocenters. The van der Waals surface area contributed by atoms with E-state index in [1.54, 1.807) is 0 Å². The van der Waals surface area contributed by atoms with Gasteiger partial charge in [-0.3, -0.25) is 0 Å². The van der Waals surface area contributed by atoms with Crippen molar-refractivity contribution < 1.29 is 13.5 Å². The maximum absolute atomic E-state index is 13.5. The second-order valence-electron chi connectivity index (χ2n) is 5.42. The Kier molecular flexibility index (Phi) is 3.88. The van der Waals surface area contributed by atoms with Gasteiger partial charge in [0, 0.05) is 31.1 Å². The minimum absolute atomic E-state index is 0.0605. The second-order valence-corrected chi connectivity index (χ2v) is 5.42. The Hall–Kier alpha value is -1.94. The number of benzene rings is 2. The Morgan fingerprint density at radius 1 is 1.19 bits per heavy atom. The molecule has 0 aromatic heterocycles. The lowest BCUT2D eigenvalue weighted by molar-refractivity contribution is 0.227. The number of rotatable bonds is 4. The topological polar surface area (TPSA) is 21.3 Å². The molecule has 0 radical (unpaired) electrons. The first-order chi connectivity index (χ1) is 10.1. The Morgan fingerprint density at radius 2 is 2.05 bits per heavy atom. The minimum atomic E-state index is -0.554. The summed E-state index contributed by atoms with van der Waals surface area (Å²) in [6.45, 7) is 3.05. The monoisotopic (exact) mass is 289 g/mol. The van der Waals surface area contributed by atoms with Crippen LogP contribution in [0.1, 0.15) is 16.7 Å². The van der Waals surface area contributed by atoms with Gasteiger partial charge in [-0.2, -0.15) is 0 Å². The minimum Gasteiger partial charge on any atom is -0.488 e. The molecule has 1 atom stereocenters. The molecule has 0 saturated heterocycles. The smallest absolute Gasteiger partial charge is 0.130 e. The highest BCUT2D eigenvalue weighted by Gasteiger charge is 2.22. The molecule has 3 rings (SSSR count). The standard InChI is InChI=1S/C17H17F2NO/c1-11-2-5-17-13(6-11)7-15(21-17)10-20-9-12-3-4-14(18)8-16(12)19/h2-6,8,15,20H,7,9-10H2,1H3. The fraction of sp³-hybridized carbons (Fsp3) is 0.294. The third kappa shape index (κ3) is 3.22. The summed E-state index contributed by atoms with van der Waals surface area (Å²) in [6, 6.07) is 9.79. The van der Waals surface area contributed by atoms with Gasteiger partial charge in [-0.15, -0.1) is 0 Å². The second kappa shape index (κ2) is 5.82. The van der Waals surface area contributed by atoms with E-state index in [0.29, 0.717) is 18.7 Å². The van der Waals surface area contributed by atoms with Gasteiger partial charge in [0.05, 0.1) is 0 Å². The van der Waals surface area contributed by atoms with E-state index in [1.807, 2.05) is 12.1 Å². The van der Waals surface area contributed by atoms with Crippen LogP contribution in [0, 0.1) is 18.6 Å². The molecule has 21 heavy (non-hydrogen) atoms. The largest absolute Gasteiger partial charge is 0.488 e. The van der Waals surface area contributed by atoms with Crippen molar-refractivity contribution in [2.24, 2.45) is 0 Å². The van der Waals surface area contributed by atoms with Gasteiger partial charge in [-0.05, 0) is 24.6 Å². The molecule has 0 amide bonds. The molecule has 1 heterocycles. The molecule has 2 aromatic carbocycles. The molecule has 110 valence electrons. The molecule has 0 spiro atoms. The molecule has 0 saturated carbocycles. The summed E-state index contributed by atoms with van der Waals surface area (Å²) in [6.07, 6.45) is 0.918. The van der Waals surface area contributed by atoms with Crippen LogP contribution in [0.5, 0.6) is 5.75 Å². The van der Waals surface area contributed by atoms with Crippen LogP contribution in [-0.2, 0) is 13.0 Å². The summed E-state index contributed by atoms with van der Waals surface area (Å²) in [5.74, 6) is -0.143. The number of nitrogens with one attached hydrogen (secondary N) is 1. The molecule has 1 aliphatic heterocycles. The van der Waals surface area contributed by atoms with Crippen molar-refractivity contribution in [2.45, 2.75) is 26.0 Å². The normalized spacial score (nSPS) is 16.6. The average Bonchev–Trinajstić information content (AvgIpc) is 2.83. The SMILES string of the molecule is Cc1ccc2c(c1)CC(CNCc1ccc(F)cc1F)O2. The molecule has 0 bridgehead atoms. The van der Waals surface area contributed by atoms with Crippen LogP contribution in [-0.4, -0.2) is 12.6 Å². The van der Waals surface area contributed by atoms with E-state index in [4.69, 9.17) is 4.74 Å². The summed E-state index contributed by atoms with van der Waals surface area (Å²) in [5, 5.41) is 3.17. The first kappa shape index (κ1) is 14.0. The van der Waals surface area contributed by atoms with Crippen molar-refractivity contribution in [3.05, 3.63) is 64.7 Å². The van der Waals surface area contributed by atoms with Gasteiger partial charge >= 0.3 is 0 Å². The fourth-order valence-electron chi connectivity index (χ4n) is 2.60. The number of fused-ring (bicyclic) bond motifs is 1. The van der Waals surface area contributed by atoms with Crippen molar-refractivity contribution in [3.8, 4) is 5.75 Å². The Labute approximate surface area is 122 Å². The summed E-state index contributed by atoms with van der Waals surface area (Å²) in [7, 11) is 0. The average molecular weight is 289 g/mol. The van der Waals surface area contributed by atoms with Crippen LogP contribution in [0.2, 0.25) is 0 Å². The molecule has 2 nitrogen and oxygen atoms in total. The first-order valence-corrected chi connectivity index (χ1v) is 7.02. The third-order valence-corrected chi connectivity index (χ3v) is 3.66. The van der Waals surface area contributed by atoms with Crippen LogP contribution in [0.4, 0.5) is 8.78 Å². The van der Waals surface area contributed by atoms with Gasteiger partial charge in [0.15, 0.2) is 0 Å². The molecule has 4 heteroatoms. The van der Waals surface area contributed by atoms with Crippen LogP contribution < -0.4 is 10.1 Å². The zero-order valence-electron chi connectivity index (χ0n) is 11.8. The van der Waals surface area contributed by atoms with Gasteiger partial charge < -0.3 is 10.1 Å². The third-order valence-electron chi connectivity index (χ3n) is 3.66. The van der Waals surface area contributed by atoms with E-state index >= 15 is 0 Å². The molecular formula is C17H17F2NO. The highest BCUT2D eigenvalue weighted by Crippen LogP contribution is 2.29. The van der Waals surface area contributed by atoms with Gasteiger partial charge in [-0.1, -0.05) is 23.8 Å². The van der Waals surface area contributed by atoms with Gasteiger partial charge in [0.2, 0.25) is 0 Å². The van der Waals surface area contributed by atoms with E-state index in [2.05, 4.69) is 18.3 Å². The lowest BCUT2D eigenvalue weighted by Crippen LogP contribution is -2.29. The number of halogens is 2. The summed E-state index contributed by atoms with van der Waals surface area (Å²) in [5.41, 5.74) is 2.90. The Morgan fingerprint density at radius 3 is 2.86 bits per heavy atom. The van der Waals surface area contributed by atoms with Crippen molar-refractivity contribution in [1.29, 1.82) is 0 Å². The quantitative estimate of drug-likeness (QED) is 0.932. The van der Waals surface area contributed by atoms with Crippen molar-refractivity contribution >= 4 is 0 Å². The van der Waals surface area contributed by atoms with E-state index in [-0.39, 0.29) is 6.10 Å².